The van der Waals surface area contributed by atoms with Gasteiger partial charge in [0, 0.05) is 0 Å². The van der Waals surface area contributed by atoms with Crippen LogP contribution in [0.2, 0.25) is 9.88 Å². The molecule has 2 fully saturated rings. The van der Waals surface area contributed by atoms with Crippen molar-refractivity contribution in [2.75, 3.05) is 12.3 Å². The molecule has 22 heavy (non-hydrogen) atoms. The second kappa shape index (κ2) is 5.03. The first-order valence-corrected chi connectivity index (χ1v) is 15.2. The second-order valence-corrected chi connectivity index (χ2v) is 15.4. The molecule has 0 radical (unpaired) electrons. The van der Waals surface area contributed by atoms with Crippen LogP contribution in [0.15, 0.2) is 18.6 Å². The minimum atomic E-state index is -2.95. The van der Waals surface area contributed by atoms with Crippen LogP contribution in [0.1, 0.15) is 6.23 Å². The van der Waals surface area contributed by atoms with Crippen LogP contribution in [0.5, 0.6) is 0 Å². The number of hydrogen-bond acceptors (Lipinski definition) is 7. The van der Waals surface area contributed by atoms with E-state index in [1.807, 2.05) is 16.8 Å². The van der Waals surface area contributed by atoms with Gasteiger partial charge in [0.05, 0.1) is 0 Å². The summed E-state index contributed by atoms with van der Waals surface area (Å²) in [5.74, 6) is 0.431. The first-order chi connectivity index (χ1) is 10.5. The average Bonchev–Trinajstić information content (AvgIpc) is 3.10. The second-order valence-electron chi connectivity index (χ2n) is 6.03. The Morgan fingerprint density at radius 2 is 2.09 bits per heavy atom. The third kappa shape index (κ3) is 2.13. The number of hydrogen-bond donors (Lipinski definition) is 2. The van der Waals surface area contributed by atoms with Gasteiger partial charge in [0.25, 0.3) is 0 Å². The van der Waals surface area contributed by atoms with Crippen molar-refractivity contribution in [3.8, 4) is 0 Å². The third-order valence-corrected chi connectivity index (χ3v) is 8.91. The van der Waals surface area contributed by atoms with Crippen molar-refractivity contribution in [2.45, 2.75) is 34.4 Å². The van der Waals surface area contributed by atoms with Crippen LogP contribution in [0, 0.1) is 0 Å². The van der Waals surface area contributed by atoms with Crippen molar-refractivity contribution in [1.82, 2.24) is 14.5 Å². The van der Waals surface area contributed by atoms with Gasteiger partial charge in [0.1, 0.15) is 0 Å². The van der Waals surface area contributed by atoms with E-state index in [4.69, 9.17) is 16.6 Å². The van der Waals surface area contributed by atoms with Gasteiger partial charge in [-0.1, -0.05) is 0 Å². The molecule has 4 atom stereocenters. The van der Waals surface area contributed by atoms with E-state index < -0.39 is 19.2 Å². The van der Waals surface area contributed by atoms with Gasteiger partial charge in [-0.05, 0) is 0 Å². The van der Waals surface area contributed by atoms with Crippen LogP contribution in [0.4, 0.5) is 5.82 Å². The van der Waals surface area contributed by atoms with E-state index in [0.29, 0.717) is 11.5 Å². The summed E-state index contributed by atoms with van der Waals surface area (Å²) in [5, 5.41) is 10.3. The van der Waals surface area contributed by atoms with Crippen molar-refractivity contribution in [3.05, 3.63) is 18.6 Å². The van der Waals surface area contributed by atoms with Crippen LogP contribution in [0.25, 0.3) is 11.0 Å². The number of aromatic nitrogens is 3. The monoisotopic (exact) mass is 414 g/mol. The van der Waals surface area contributed by atoms with Gasteiger partial charge in [-0.2, -0.15) is 0 Å². The fourth-order valence-electron chi connectivity index (χ4n) is 3.23. The maximum absolute atomic E-state index is 9.56. The quantitative estimate of drug-likeness (QED) is 0.687. The predicted octanol–water partition coefficient (Wildman–Crippen LogP) is 0.389. The van der Waals surface area contributed by atoms with Crippen LogP contribution >= 0.6 is 0 Å². The molecule has 0 aromatic carbocycles. The maximum atomic E-state index is 9.56. The zero-order chi connectivity index (χ0) is 15.5. The van der Waals surface area contributed by atoms with Crippen molar-refractivity contribution >= 4 is 36.1 Å². The van der Waals surface area contributed by atoms with Crippen LogP contribution in [-0.2, 0) is 10.9 Å². The molecule has 2 aromatic rings. The Morgan fingerprint density at radius 3 is 2.86 bits per heavy atom. The molecule has 2 aliphatic heterocycles. The average molecular weight is 413 g/mol. The number of ether oxygens (including phenoxy) is 1. The van der Waals surface area contributed by atoms with E-state index in [0.717, 1.165) is 5.39 Å². The Labute approximate surface area is 132 Å². The van der Waals surface area contributed by atoms with Crippen LogP contribution in [0.3, 0.4) is 0 Å². The summed E-state index contributed by atoms with van der Waals surface area (Å²) < 4.78 is 20.1. The minimum absolute atomic E-state index is 0.0979. The summed E-state index contributed by atoms with van der Waals surface area (Å²) in [7, 11) is 0. The van der Waals surface area contributed by atoms with Crippen molar-refractivity contribution in [1.29, 1.82) is 0 Å². The molecule has 0 amide bonds. The molecule has 9 heteroatoms. The van der Waals surface area contributed by atoms with Gasteiger partial charge in [-0.3, -0.25) is 0 Å². The molecule has 2 aromatic heterocycles. The van der Waals surface area contributed by atoms with Crippen LogP contribution in [-0.4, -0.2) is 63.8 Å². The molecule has 2 saturated heterocycles. The number of fused-ring (bicyclic) bond motifs is 2. The zero-order valence-corrected chi connectivity index (χ0v) is 15.2. The van der Waals surface area contributed by atoms with Crippen molar-refractivity contribution in [3.63, 3.8) is 0 Å². The standard InChI is InChI=1S/C11H12N4O4.2CH3.Sn/c12-9-5-1-2-15(10(5)14-4-13-9)11-8(18)7(17)6(3-16)19-11;;;/h1-2,4,6-8,11,16H,3H2,(H2,12,13,14);2*1H3;/q-2;;;+2. The summed E-state index contributed by atoms with van der Waals surface area (Å²) in [6.07, 6.45) is 2.07. The van der Waals surface area contributed by atoms with Gasteiger partial charge >= 0.3 is 132 Å². The molecule has 2 aliphatic rings. The number of nitrogen functional groups attached to an aromatic ring is 1. The molecule has 0 saturated carbocycles. The van der Waals surface area contributed by atoms with Gasteiger partial charge in [-0.25, -0.2) is 0 Å². The summed E-state index contributed by atoms with van der Waals surface area (Å²) in [5.41, 5.74) is 6.57. The van der Waals surface area contributed by atoms with E-state index in [2.05, 4.69) is 19.8 Å². The number of anilines is 1. The summed E-state index contributed by atoms with van der Waals surface area (Å²) in [4.78, 5) is 12.4. The first-order valence-electron chi connectivity index (χ1n) is 7.19. The Kier molecular flexibility index (Phi) is 3.35. The topological polar surface area (TPSA) is 105 Å². The fraction of sp³-hybridized carbons (Fsp3) is 0.538. The number of rotatable bonds is 2. The summed E-state index contributed by atoms with van der Waals surface area (Å²) >= 11 is -2.95. The Bertz CT molecular complexity index is 721. The molecule has 4 heterocycles. The number of aliphatic hydroxyl groups excluding tert-OH is 1. The SMILES string of the molecule is [CH3][Sn]1([CH3])[O]C2C(CO)OC(n3ccc4c(N)ncnc43)C2[O]1. The molecule has 0 bridgehead atoms. The summed E-state index contributed by atoms with van der Waals surface area (Å²) in [6, 6.07) is 1.86. The van der Waals surface area contributed by atoms with Crippen molar-refractivity contribution < 1.29 is 16.0 Å². The molecule has 118 valence electrons. The molecule has 0 spiro atoms. The number of nitrogens with zero attached hydrogens (tertiary/aromatic N) is 3. The van der Waals surface area contributed by atoms with Gasteiger partial charge in [0.15, 0.2) is 0 Å². The predicted molar refractivity (Wildman–Crippen MR) is 80.2 cm³/mol. The van der Waals surface area contributed by atoms with E-state index in [-0.39, 0.29) is 31.1 Å². The van der Waals surface area contributed by atoms with E-state index in [1.54, 1.807) is 0 Å². The number of nitrogens with two attached hydrogens (primary N) is 1. The third-order valence-electron chi connectivity index (χ3n) is 4.12. The molecular weight excluding hydrogens is 395 g/mol. The Hall–Kier alpha value is -0.941. The van der Waals surface area contributed by atoms with Crippen LogP contribution < -0.4 is 5.73 Å². The molecule has 4 rings (SSSR count). The Morgan fingerprint density at radius 1 is 1.32 bits per heavy atom. The molecule has 8 nitrogen and oxygen atoms in total. The van der Waals surface area contributed by atoms with E-state index in [9.17, 15) is 5.11 Å². The number of aliphatic hydroxyl groups is 1. The molecule has 3 N–H and O–H groups in total. The summed E-state index contributed by atoms with van der Waals surface area (Å²) in [6.45, 7) is -0.0979. The molecule has 0 aliphatic carbocycles. The Balaban J connectivity index is 1.77. The molecular formula is C13H18N4O4Sn. The van der Waals surface area contributed by atoms with E-state index >= 15 is 0 Å². The zero-order valence-electron chi connectivity index (χ0n) is 12.3. The van der Waals surface area contributed by atoms with Gasteiger partial charge < -0.3 is 0 Å². The van der Waals surface area contributed by atoms with Gasteiger partial charge in [-0.15, -0.1) is 0 Å². The molecule has 4 unspecified atom stereocenters. The van der Waals surface area contributed by atoms with Crippen molar-refractivity contribution in [2.24, 2.45) is 0 Å². The van der Waals surface area contributed by atoms with E-state index in [1.165, 1.54) is 6.33 Å². The fourth-order valence-corrected chi connectivity index (χ4v) is 8.66. The normalized spacial score (nSPS) is 33.4. The first kappa shape index (κ1) is 14.6. The van der Waals surface area contributed by atoms with Gasteiger partial charge in [0.2, 0.25) is 0 Å².